The molecule has 16 heavy (non-hydrogen) atoms. The van der Waals surface area contributed by atoms with E-state index >= 15 is 0 Å². The Morgan fingerprint density at radius 1 is 1.19 bits per heavy atom. The van der Waals surface area contributed by atoms with Gasteiger partial charge in [0.15, 0.2) is 0 Å². The molecular formula is C13H13ClN2. The van der Waals surface area contributed by atoms with Gasteiger partial charge in [0.05, 0.1) is 5.02 Å². The molecule has 3 heteroatoms. The Morgan fingerprint density at radius 3 is 2.69 bits per heavy atom. The summed E-state index contributed by atoms with van der Waals surface area (Å²) in [5.74, 6) is 0.810. The monoisotopic (exact) mass is 232 g/mol. The van der Waals surface area contributed by atoms with Crippen LogP contribution in [-0.4, -0.2) is 4.98 Å². The second-order valence-corrected chi connectivity index (χ2v) is 3.93. The third kappa shape index (κ3) is 2.52. The van der Waals surface area contributed by atoms with Crippen LogP contribution in [0.5, 0.6) is 0 Å². The fourth-order valence-corrected chi connectivity index (χ4v) is 1.65. The molecule has 0 bridgehead atoms. The van der Waals surface area contributed by atoms with Crippen molar-refractivity contribution in [2.45, 2.75) is 13.3 Å². The van der Waals surface area contributed by atoms with E-state index in [1.807, 2.05) is 24.3 Å². The van der Waals surface area contributed by atoms with E-state index in [4.69, 9.17) is 11.6 Å². The number of benzene rings is 1. The first kappa shape index (κ1) is 11.0. The third-order valence-electron chi connectivity index (χ3n) is 2.39. The summed E-state index contributed by atoms with van der Waals surface area (Å²) in [7, 11) is 0. The van der Waals surface area contributed by atoms with Crippen LogP contribution in [0.1, 0.15) is 12.5 Å². The van der Waals surface area contributed by atoms with Gasteiger partial charge in [-0.2, -0.15) is 0 Å². The van der Waals surface area contributed by atoms with E-state index in [0.29, 0.717) is 5.02 Å². The number of rotatable bonds is 3. The first-order valence-corrected chi connectivity index (χ1v) is 5.64. The van der Waals surface area contributed by atoms with Crippen molar-refractivity contribution in [2.75, 3.05) is 5.32 Å². The lowest BCUT2D eigenvalue weighted by atomic mass is 10.1. The lowest BCUT2D eigenvalue weighted by molar-refractivity contribution is 1.14. The van der Waals surface area contributed by atoms with E-state index in [2.05, 4.69) is 29.4 Å². The summed E-state index contributed by atoms with van der Waals surface area (Å²) in [6, 6.07) is 11.9. The Kier molecular flexibility index (Phi) is 3.42. The van der Waals surface area contributed by atoms with Gasteiger partial charge in [-0.3, -0.25) is 0 Å². The normalized spacial score (nSPS) is 10.1. The summed E-state index contributed by atoms with van der Waals surface area (Å²) in [4.78, 5) is 4.21. The van der Waals surface area contributed by atoms with Crippen molar-refractivity contribution < 1.29 is 0 Å². The number of halogens is 1. The highest BCUT2D eigenvalue weighted by Crippen LogP contribution is 2.20. The van der Waals surface area contributed by atoms with E-state index in [1.165, 1.54) is 5.56 Å². The summed E-state index contributed by atoms with van der Waals surface area (Å²) in [6.07, 6.45) is 2.63. The molecule has 0 saturated heterocycles. The van der Waals surface area contributed by atoms with Crippen molar-refractivity contribution in [1.82, 2.24) is 4.98 Å². The predicted molar refractivity (Wildman–Crippen MR) is 68.3 cm³/mol. The number of para-hydroxylation sites is 1. The van der Waals surface area contributed by atoms with Crippen LogP contribution in [0.15, 0.2) is 42.6 Å². The largest absolute Gasteiger partial charge is 0.340 e. The number of hydrogen-bond acceptors (Lipinski definition) is 2. The maximum Gasteiger partial charge on any atom is 0.130 e. The number of pyridine rings is 1. The van der Waals surface area contributed by atoms with Crippen molar-refractivity contribution in [3.8, 4) is 0 Å². The zero-order chi connectivity index (χ0) is 11.4. The van der Waals surface area contributed by atoms with Gasteiger partial charge < -0.3 is 5.32 Å². The van der Waals surface area contributed by atoms with Crippen LogP contribution in [-0.2, 0) is 6.42 Å². The molecule has 2 aromatic rings. The highest BCUT2D eigenvalue weighted by molar-refractivity contribution is 6.30. The molecule has 0 spiro atoms. The van der Waals surface area contributed by atoms with Gasteiger partial charge in [-0.25, -0.2) is 4.98 Å². The van der Waals surface area contributed by atoms with Gasteiger partial charge >= 0.3 is 0 Å². The van der Waals surface area contributed by atoms with E-state index in [0.717, 1.165) is 17.9 Å². The minimum absolute atomic E-state index is 0.648. The quantitative estimate of drug-likeness (QED) is 0.864. The summed E-state index contributed by atoms with van der Waals surface area (Å²) in [5.41, 5.74) is 2.37. The van der Waals surface area contributed by atoms with Gasteiger partial charge in [0, 0.05) is 11.9 Å². The summed E-state index contributed by atoms with van der Waals surface area (Å²) in [5, 5.41) is 3.93. The smallest absolute Gasteiger partial charge is 0.130 e. The van der Waals surface area contributed by atoms with Crippen LogP contribution >= 0.6 is 11.6 Å². The third-order valence-corrected chi connectivity index (χ3v) is 2.61. The Hall–Kier alpha value is -1.54. The fourth-order valence-electron chi connectivity index (χ4n) is 1.54. The number of aromatic nitrogens is 1. The van der Waals surface area contributed by atoms with Crippen molar-refractivity contribution in [1.29, 1.82) is 0 Å². The van der Waals surface area contributed by atoms with Crippen LogP contribution in [0.4, 0.5) is 11.5 Å². The Morgan fingerprint density at radius 2 is 2.00 bits per heavy atom. The molecule has 1 aromatic heterocycles. The second kappa shape index (κ2) is 4.99. The van der Waals surface area contributed by atoms with Gasteiger partial charge in [-0.1, -0.05) is 36.7 Å². The van der Waals surface area contributed by atoms with Gasteiger partial charge in [-0.05, 0) is 30.2 Å². The molecule has 0 fully saturated rings. The molecule has 0 amide bonds. The van der Waals surface area contributed by atoms with Gasteiger partial charge in [0.1, 0.15) is 5.82 Å². The van der Waals surface area contributed by atoms with Crippen molar-refractivity contribution in [2.24, 2.45) is 0 Å². The maximum absolute atomic E-state index is 5.78. The molecule has 0 radical (unpaired) electrons. The molecule has 0 atom stereocenters. The predicted octanol–water partition coefficient (Wildman–Crippen LogP) is 4.04. The molecule has 2 nitrogen and oxygen atoms in total. The zero-order valence-electron chi connectivity index (χ0n) is 9.07. The van der Waals surface area contributed by atoms with Crippen molar-refractivity contribution in [3.05, 3.63) is 53.2 Å². The lowest BCUT2D eigenvalue weighted by Crippen LogP contribution is -1.96. The summed E-state index contributed by atoms with van der Waals surface area (Å²) >= 11 is 5.78. The first-order chi connectivity index (χ1) is 7.79. The van der Waals surface area contributed by atoms with Crippen molar-refractivity contribution in [3.63, 3.8) is 0 Å². The molecule has 0 aliphatic rings. The van der Waals surface area contributed by atoms with E-state index < -0.39 is 0 Å². The van der Waals surface area contributed by atoms with Gasteiger partial charge in [0.2, 0.25) is 0 Å². The zero-order valence-corrected chi connectivity index (χ0v) is 9.83. The minimum Gasteiger partial charge on any atom is -0.340 e. The van der Waals surface area contributed by atoms with Crippen LogP contribution in [0, 0.1) is 0 Å². The molecular weight excluding hydrogens is 220 g/mol. The Labute approximate surface area is 100 Å². The molecule has 0 aliphatic carbocycles. The molecule has 0 saturated carbocycles. The molecule has 82 valence electrons. The van der Waals surface area contributed by atoms with Gasteiger partial charge in [-0.15, -0.1) is 0 Å². The second-order valence-electron chi connectivity index (χ2n) is 3.50. The Balaban J connectivity index is 2.23. The molecule has 0 aliphatic heterocycles. The van der Waals surface area contributed by atoms with Crippen LogP contribution in [0.3, 0.4) is 0 Å². The van der Waals surface area contributed by atoms with Gasteiger partial charge in [0.25, 0.3) is 0 Å². The number of anilines is 2. The Bertz CT molecular complexity index is 466. The topological polar surface area (TPSA) is 24.9 Å². The molecule has 1 heterocycles. The number of hydrogen-bond donors (Lipinski definition) is 1. The highest BCUT2D eigenvalue weighted by atomic mass is 35.5. The van der Waals surface area contributed by atoms with Crippen LogP contribution in [0.2, 0.25) is 5.02 Å². The van der Waals surface area contributed by atoms with E-state index in [-0.39, 0.29) is 0 Å². The standard InChI is InChI=1S/C13H13ClN2/c1-2-10-5-3-4-6-12(10)16-13-8-7-11(14)9-15-13/h3-9H,2H2,1H3,(H,15,16). The SMILES string of the molecule is CCc1ccccc1Nc1ccc(Cl)cn1. The molecule has 1 aromatic carbocycles. The highest BCUT2D eigenvalue weighted by Gasteiger charge is 2.00. The first-order valence-electron chi connectivity index (χ1n) is 5.26. The molecule has 2 rings (SSSR count). The average Bonchev–Trinajstić information content (AvgIpc) is 2.33. The summed E-state index contributed by atoms with van der Waals surface area (Å²) < 4.78 is 0. The number of aryl methyl sites for hydroxylation is 1. The number of nitrogens with one attached hydrogen (secondary N) is 1. The van der Waals surface area contributed by atoms with Crippen LogP contribution in [0.25, 0.3) is 0 Å². The molecule has 1 N–H and O–H groups in total. The summed E-state index contributed by atoms with van der Waals surface area (Å²) in [6.45, 7) is 2.13. The van der Waals surface area contributed by atoms with E-state index in [1.54, 1.807) is 6.20 Å². The average molecular weight is 233 g/mol. The van der Waals surface area contributed by atoms with Crippen LogP contribution < -0.4 is 5.32 Å². The fraction of sp³-hybridized carbons (Fsp3) is 0.154. The minimum atomic E-state index is 0.648. The maximum atomic E-state index is 5.78. The van der Waals surface area contributed by atoms with Crippen molar-refractivity contribution >= 4 is 23.1 Å². The molecule has 0 unspecified atom stereocenters. The lowest BCUT2D eigenvalue weighted by Gasteiger charge is -2.09. The van der Waals surface area contributed by atoms with E-state index in [9.17, 15) is 0 Å². The number of nitrogens with zero attached hydrogens (tertiary/aromatic N) is 1.